The van der Waals surface area contributed by atoms with Crippen LogP contribution in [0.2, 0.25) is 5.02 Å². The van der Waals surface area contributed by atoms with Crippen LogP contribution in [0.25, 0.3) is 11.3 Å². The van der Waals surface area contributed by atoms with Gasteiger partial charge in [-0.1, -0.05) is 67.0 Å². The van der Waals surface area contributed by atoms with Crippen LogP contribution in [-0.2, 0) is 0 Å². The quantitative estimate of drug-likeness (QED) is 0.655. The maximum absolute atomic E-state index is 12.9. The number of halogens is 1. The van der Waals surface area contributed by atoms with Crippen LogP contribution in [0.1, 0.15) is 41.4 Å². The molecule has 128 valence electrons. The number of rotatable bonds is 4. The largest absolute Gasteiger partial charge is 0.360 e. The monoisotopic (exact) mass is 354 g/mol. The number of nitrogens with one attached hydrogen (secondary N) is 1. The lowest BCUT2D eigenvalue weighted by Gasteiger charge is -2.13. The van der Waals surface area contributed by atoms with E-state index in [1.807, 2.05) is 42.5 Å². The summed E-state index contributed by atoms with van der Waals surface area (Å²) in [6.07, 6.45) is 0. The van der Waals surface area contributed by atoms with Gasteiger partial charge >= 0.3 is 0 Å². The Morgan fingerprint density at radius 2 is 1.80 bits per heavy atom. The fraction of sp³-hybridized carbons (Fsp3) is 0.200. The molecule has 3 rings (SSSR count). The first-order valence-corrected chi connectivity index (χ1v) is 8.48. The van der Waals surface area contributed by atoms with Gasteiger partial charge in [0.2, 0.25) is 0 Å². The molecule has 1 amide bonds. The average molecular weight is 355 g/mol. The van der Waals surface area contributed by atoms with E-state index in [1.165, 1.54) is 0 Å². The molecule has 4 nitrogen and oxygen atoms in total. The number of hydrogen-bond donors (Lipinski definition) is 1. The number of aryl methyl sites for hydroxylation is 1. The number of nitrogens with zero attached hydrogens (tertiary/aromatic N) is 1. The number of carbonyl (C=O) groups excluding carboxylic acids is 1. The van der Waals surface area contributed by atoms with Crippen LogP contribution < -0.4 is 5.32 Å². The van der Waals surface area contributed by atoms with E-state index in [0.717, 1.165) is 11.3 Å². The molecule has 25 heavy (non-hydrogen) atoms. The summed E-state index contributed by atoms with van der Waals surface area (Å²) in [6, 6.07) is 15.0. The number of para-hydroxylation sites is 1. The Morgan fingerprint density at radius 1 is 1.12 bits per heavy atom. The van der Waals surface area contributed by atoms with Crippen LogP contribution in [0.5, 0.6) is 0 Å². The smallest absolute Gasteiger partial charge is 0.261 e. The summed E-state index contributed by atoms with van der Waals surface area (Å²) in [5, 5.41) is 7.55. The summed E-state index contributed by atoms with van der Waals surface area (Å²) in [5.41, 5.74) is 3.37. The van der Waals surface area contributed by atoms with Crippen molar-refractivity contribution in [3.05, 3.63) is 70.4 Å². The highest BCUT2D eigenvalue weighted by Crippen LogP contribution is 2.32. The zero-order valence-corrected chi connectivity index (χ0v) is 15.1. The molecule has 1 heterocycles. The van der Waals surface area contributed by atoms with Gasteiger partial charge in [0.25, 0.3) is 5.91 Å². The van der Waals surface area contributed by atoms with Crippen molar-refractivity contribution in [3.8, 4) is 11.3 Å². The Morgan fingerprint density at radius 3 is 2.52 bits per heavy atom. The third kappa shape index (κ3) is 3.44. The lowest BCUT2D eigenvalue weighted by atomic mass is 10.0. The van der Waals surface area contributed by atoms with Crippen molar-refractivity contribution in [2.45, 2.75) is 26.7 Å². The van der Waals surface area contributed by atoms with Crippen LogP contribution >= 0.6 is 11.6 Å². The highest BCUT2D eigenvalue weighted by Gasteiger charge is 2.23. The predicted molar refractivity (Wildman–Crippen MR) is 100 cm³/mol. The fourth-order valence-electron chi connectivity index (χ4n) is 2.78. The van der Waals surface area contributed by atoms with Gasteiger partial charge in [0.05, 0.1) is 5.02 Å². The molecule has 0 saturated carbocycles. The maximum Gasteiger partial charge on any atom is 0.261 e. The Hall–Kier alpha value is -2.59. The van der Waals surface area contributed by atoms with Crippen molar-refractivity contribution in [2.24, 2.45) is 0 Å². The van der Waals surface area contributed by atoms with E-state index >= 15 is 0 Å². The zero-order valence-electron chi connectivity index (χ0n) is 14.3. The van der Waals surface area contributed by atoms with Crippen molar-refractivity contribution < 1.29 is 9.32 Å². The Bertz CT molecular complexity index is 916. The van der Waals surface area contributed by atoms with Crippen LogP contribution in [0.3, 0.4) is 0 Å². The first kappa shape index (κ1) is 17.2. The summed E-state index contributed by atoms with van der Waals surface area (Å²) in [7, 11) is 0. The molecule has 0 aliphatic carbocycles. The molecule has 5 heteroatoms. The molecule has 0 spiro atoms. The number of carbonyl (C=O) groups is 1. The van der Waals surface area contributed by atoms with Gasteiger partial charge in [0.15, 0.2) is 0 Å². The van der Waals surface area contributed by atoms with Gasteiger partial charge in [-0.15, -0.1) is 0 Å². The van der Waals surface area contributed by atoms with Crippen LogP contribution in [0, 0.1) is 6.92 Å². The summed E-state index contributed by atoms with van der Waals surface area (Å²) >= 11 is 6.26. The van der Waals surface area contributed by atoms with Crippen molar-refractivity contribution in [1.29, 1.82) is 0 Å². The zero-order chi connectivity index (χ0) is 18.0. The fourth-order valence-corrected chi connectivity index (χ4v) is 3.00. The van der Waals surface area contributed by atoms with E-state index in [4.69, 9.17) is 16.1 Å². The number of hydrogen-bond acceptors (Lipinski definition) is 3. The molecule has 1 aromatic heterocycles. The van der Waals surface area contributed by atoms with E-state index < -0.39 is 0 Å². The molecule has 0 radical (unpaired) electrons. The summed E-state index contributed by atoms with van der Waals surface area (Å²) in [4.78, 5) is 12.9. The van der Waals surface area contributed by atoms with Crippen molar-refractivity contribution in [1.82, 2.24) is 5.16 Å². The van der Waals surface area contributed by atoms with Gasteiger partial charge in [-0.3, -0.25) is 4.79 Å². The van der Waals surface area contributed by atoms with Crippen molar-refractivity contribution >= 4 is 23.2 Å². The third-order valence-corrected chi connectivity index (χ3v) is 4.38. The second-order valence-corrected chi connectivity index (χ2v) is 6.55. The Balaban J connectivity index is 2.00. The molecular formula is C20H19ClN2O2. The standard InChI is InChI=1S/C20H19ClN2O2/c1-12(2)14-8-5-7-11-17(14)22-20(24)18-13(3)25-23-19(18)15-9-4-6-10-16(15)21/h4-12H,1-3H3,(H,22,24). The summed E-state index contributed by atoms with van der Waals surface area (Å²) in [6.45, 7) is 5.90. The molecule has 0 unspecified atom stereocenters. The molecule has 0 fully saturated rings. The first-order chi connectivity index (χ1) is 12.0. The SMILES string of the molecule is Cc1onc(-c2ccccc2Cl)c1C(=O)Nc1ccccc1C(C)C. The van der Waals surface area contributed by atoms with Gasteiger partial charge in [0, 0.05) is 11.3 Å². The number of aromatic nitrogens is 1. The minimum atomic E-state index is -0.262. The van der Waals surface area contributed by atoms with Gasteiger partial charge in [-0.25, -0.2) is 0 Å². The van der Waals surface area contributed by atoms with Gasteiger partial charge in [-0.2, -0.15) is 0 Å². The van der Waals surface area contributed by atoms with Crippen molar-refractivity contribution in [3.63, 3.8) is 0 Å². The van der Waals surface area contributed by atoms with E-state index in [0.29, 0.717) is 33.5 Å². The number of amides is 1. The highest BCUT2D eigenvalue weighted by molar-refractivity contribution is 6.33. The van der Waals surface area contributed by atoms with Gasteiger partial charge in [-0.05, 0) is 30.5 Å². The lowest BCUT2D eigenvalue weighted by molar-refractivity contribution is 0.102. The number of anilines is 1. The Kier molecular flexibility index (Phi) is 4.91. The van der Waals surface area contributed by atoms with Gasteiger partial charge < -0.3 is 9.84 Å². The van der Waals surface area contributed by atoms with E-state index in [2.05, 4.69) is 24.3 Å². The second kappa shape index (κ2) is 7.11. The molecular weight excluding hydrogens is 336 g/mol. The predicted octanol–water partition coefficient (Wildman–Crippen LogP) is 5.68. The van der Waals surface area contributed by atoms with E-state index in [9.17, 15) is 4.79 Å². The van der Waals surface area contributed by atoms with E-state index in [-0.39, 0.29) is 5.91 Å². The van der Waals surface area contributed by atoms with Gasteiger partial charge in [0.1, 0.15) is 17.0 Å². The summed E-state index contributed by atoms with van der Waals surface area (Å²) < 4.78 is 5.27. The topological polar surface area (TPSA) is 55.1 Å². The molecule has 0 aliphatic rings. The highest BCUT2D eigenvalue weighted by atomic mass is 35.5. The normalized spacial score (nSPS) is 10.9. The number of benzene rings is 2. The molecule has 0 bridgehead atoms. The van der Waals surface area contributed by atoms with Crippen LogP contribution in [0.4, 0.5) is 5.69 Å². The van der Waals surface area contributed by atoms with Crippen LogP contribution in [0.15, 0.2) is 53.1 Å². The Labute approximate surface area is 151 Å². The molecule has 0 atom stereocenters. The van der Waals surface area contributed by atoms with Crippen LogP contribution in [-0.4, -0.2) is 11.1 Å². The summed E-state index contributed by atoms with van der Waals surface area (Å²) in [5.74, 6) is 0.485. The molecule has 0 aliphatic heterocycles. The van der Waals surface area contributed by atoms with E-state index in [1.54, 1.807) is 13.0 Å². The molecule has 3 aromatic rings. The minimum absolute atomic E-state index is 0.262. The minimum Gasteiger partial charge on any atom is -0.360 e. The molecule has 0 saturated heterocycles. The average Bonchev–Trinajstić information content (AvgIpc) is 2.97. The molecule has 1 N–H and O–H groups in total. The lowest BCUT2D eigenvalue weighted by Crippen LogP contribution is -2.15. The first-order valence-electron chi connectivity index (χ1n) is 8.10. The third-order valence-electron chi connectivity index (χ3n) is 4.05. The van der Waals surface area contributed by atoms with Crippen molar-refractivity contribution in [2.75, 3.05) is 5.32 Å². The molecule has 2 aromatic carbocycles. The maximum atomic E-state index is 12.9. The second-order valence-electron chi connectivity index (χ2n) is 6.14.